The standard InChI is InChI=1S/C11H11BrOSe/c1-11(2,13)10-9(12)7-5-3-4-6-8(7)14-10/h3-6,13H,1-2H3. The quantitative estimate of drug-likeness (QED) is 0.802. The predicted octanol–water partition coefficient (Wildman–Crippen LogP) is 2.89. The van der Waals surface area contributed by atoms with Gasteiger partial charge in [0, 0.05) is 0 Å². The molecule has 1 heterocycles. The van der Waals surface area contributed by atoms with E-state index in [1.165, 1.54) is 9.65 Å². The second kappa shape index (κ2) is 3.49. The maximum atomic E-state index is 9.99. The molecular formula is C11H11BrOSe. The topological polar surface area (TPSA) is 20.2 Å². The Morgan fingerprint density at radius 3 is 2.50 bits per heavy atom. The molecule has 2 aromatic rings. The van der Waals surface area contributed by atoms with E-state index in [1.54, 1.807) is 0 Å². The van der Waals surface area contributed by atoms with E-state index >= 15 is 0 Å². The van der Waals surface area contributed by atoms with Gasteiger partial charge in [0.1, 0.15) is 0 Å². The van der Waals surface area contributed by atoms with Gasteiger partial charge >= 0.3 is 97.8 Å². The molecule has 0 radical (unpaired) electrons. The normalized spacial score (nSPS) is 12.3. The van der Waals surface area contributed by atoms with Gasteiger partial charge in [-0.25, -0.2) is 0 Å². The van der Waals surface area contributed by atoms with Crippen molar-refractivity contribution in [3.8, 4) is 0 Å². The Morgan fingerprint density at radius 1 is 1.29 bits per heavy atom. The maximum absolute atomic E-state index is 9.99. The molecule has 0 saturated carbocycles. The minimum absolute atomic E-state index is 0.258. The van der Waals surface area contributed by atoms with Crippen molar-refractivity contribution < 1.29 is 5.11 Å². The Labute approximate surface area is 97.6 Å². The third kappa shape index (κ3) is 1.70. The third-order valence-corrected chi connectivity index (χ3v) is 6.62. The number of fused-ring (bicyclic) bond motifs is 1. The number of rotatable bonds is 1. The van der Waals surface area contributed by atoms with Crippen molar-refractivity contribution in [2.24, 2.45) is 0 Å². The fraction of sp³-hybridized carbons (Fsp3) is 0.273. The van der Waals surface area contributed by atoms with Crippen LogP contribution in [-0.2, 0) is 5.60 Å². The van der Waals surface area contributed by atoms with Crippen molar-refractivity contribution in [3.05, 3.63) is 33.2 Å². The fourth-order valence-electron chi connectivity index (χ4n) is 1.41. The van der Waals surface area contributed by atoms with Gasteiger partial charge in [0.2, 0.25) is 0 Å². The van der Waals surface area contributed by atoms with Crippen LogP contribution < -0.4 is 0 Å². The van der Waals surface area contributed by atoms with E-state index in [1.807, 2.05) is 26.0 Å². The molecule has 1 aromatic carbocycles. The zero-order chi connectivity index (χ0) is 10.3. The van der Waals surface area contributed by atoms with Gasteiger partial charge < -0.3 is 0 Å². The van der Waals surface area contributed by atoms with E-state index in [9.17, 15) is 5.11 Å². The average molecular weight is 318 g/mol. The molecule has 74 valence electrons. The van der Waals surface area contributed by atoms with E-state index in [4.69, 9.17) is 0 Å². The first-order chi connectivity index (χ1) is 6.50. The summed E-state index contributed by atoms with van der Waals surface area (Å²) in [7, 11) is 0. The molecular weight excluding hydrogens is 307 g/mol. The first-order valence-electron chi connectivity index (χ1n) is 4.40. The summed E-state index contributed by atoms with van der Waals surface area (Å²) in [5, 5.41) is 11.2. The Hall–Kier alpha value is -0.0805. The molecule has 2 rings (SSSR count). The fourth-order valence-corrected chi connectivity index (χ4v) is 5.25. The van der Waals surface area contributed by atoms with Gasteiger partial charge in [-0.3, -0.25) is 0 Å². The van der Waals surface area contributed by atoms with Crippen molar-refractivity contribution in [2.75, 3.05) is 0 Å². The van der Waals surface area contributed by atoms with Crippen LogP contribution in [0.2, 0.25) is 0 Å². The molecule has 0 saturated heterocycles. The molecule has 0 aliphatic carbocycles. The van der Waals surface area contributed by atoms with Gasteiger partial charge in [-0.2, -0.15) is 0 Å². The molecule has 1 aromatic heterocycles. The second-order valence-corrected chi connectivity index (χ2v) is 6.80. The van der Waals surface area contributed by atoms with Gasteiger partial charge in [0.25, 0.3) is 0 Å². The Balaban J connectivity index is 2.75. The van der Waals surface area contributed by atoms with E-state index < -0.39 is 5.60 Å². The van der Waals surface area contributed by atoms with Crippen LogP contribution in [0.5, 0.6) is 0 Å². The molecule has 0 unspecified atom stereocenters. The predicted molar refractivity (Wildman–Crippen MR) is 63.8 cm³/mol. The number of benzene rings is 1. The van der Waals surface area contributed by atoms with Crippen molar-refractivity contribution >= 4 is 40.1 Å². The van der Waals surface area contributed by atoms with E-state index in [-0.39, 0.29) is 14.5 Å². The van der Waals surface area contributed by atoms with Gasteiger partial charge in [-0.15, -0.1) is 0 Å². The van der Waals surface area contributed by atoms with Crippen molar-refractivity contribution in [2.45, 2.75) is 19.4 Å². The molecule has 14 heavy (non-hydrogen) atoms. The summed E-state index contributed by atoms with van der Waals surface area (Å²) >= 11 is 3.83. The van der Waals surface area contributed by atoms with Crippen LogP contribution in [0.1, 0.15) is 18.3 Å². The number of aliphatic hydroxyl groups is 1. The molecule has 0 amide bonds. The van der Waals surface area contributed by atoms with Gasteiger partial charge in [0.15, 0.2) is 0 Å². The summed E-state index contributed by atoms with van der Waals surface area (Å²) in [6, 6.07) is 8.31. The number of hydrogen-bond donors (Lipinski definition) is 1. The summed E-state index contributed by atoms with van der Waals surface area (Å²) in [4.78, 5) is 0. The molecule has 0 atom stereocenters. The van der Waals surface area contributed by atoms with Crippen molar-refractivity contribution in [1.82, 2.24) is 0 Å². The van der Waals surface area contributed by atoms with Crippen LogP contribution in [0.3, 0.4) is 0 Å². The summed E-state index contributed by atoms with van der Waals surface area (Å²) in [5.41, 5.74) is -0.710. The molecule has 3 heteroatoms. The van der Waals surface area contributed by atoms with E-state index in [2.05, 4.69) is 28.1 Å². The summed E-state index contributed by atoms with van der Waals surface area (Å²) in [6.45, 7) is 3.69. The van der Waals surface area contributed by atoms with E-state index in [0.717, 1.165) is 8.91 Å². The molecule has 0 spiro atoms. The Bertz CT molecular complexity index is 468. The Kier molecular flexibility index (Phi) is 2.61. The van der Waals surface area contributed by atoms with E-state index in [0.29, 0.717) is 0 Å². The Morgan fingerprint density at radius 2 is 1.93 bits per heavy atom. The van der Waals surface area contributed by atoms with Crippen LogP contribution in [0.4, 0.5) is 0 Å². The van der Waals surface area contributed by atoms with Crippen LogP contribution in [-0.4, -0.2) is 19.6 Å². The molecule has 0 aliphatic heterocycles. The number of hydrogen-bond acceptors (Lipinski definition) is 1. The van der Waals surface area contributed by atoms with Crippen LogP contribution in [0, 0.1) is 0 Å². The van der Waals surface area contributed by atoms with Crippen molar-refractivity contribution in [1.29, 1.82) is 0 Å². The first kappa shape index (κ1) is 10.4. The number of halogens is 1. The van der Waals surface area contributed by atoms with Crippen LogP contribution in [0.25, 0.3) is 9.65 Å². The second-order valence-electron chi connectivity index (χ2n) is 3.80. The SMILES string of the molecule is CC(C)(O)c1[se]c2ccccc2c1Br. The molecule has 0 aliphatic rings. The van der Waals surface area contributed by atoms with Crippen LogP contribution in [0.15, 0.2) is 28.7 Å². The zero-order valence-electron chi connectivity index (χ0n) is 8.04. The zero-order valence-corrected chi connectivity index (χ0v) is 11.3. The van der Waals surface area contributed by atoms with Crippen molar-refractivity contribution in [3.63, 3.8) is 0 Å². The van der Waals surface area contributed by atoms with Gasteiger partial charge in [-0.1, -0.05) is 0 Å². The monoisotopic (exact) mass is 318 g/mol. The summed E-state index contributed by atoms with van der Waals surface area (Å²) in [6.07, 6.45) is 0. The summed E-state index contributed by atoms with van der Waals surface area (Å²) in [5.74, 6) is 0. The van der Waals surface area contributed by atoms with Crippen LogP contribution >= 0.6 is 15.9 Å². The average Bonchev–Trinajstić information content (AvgIpc) is 2.44. The van der Waals surface area contributed by atoms with Gasteiger partial charge in [-0.05, 0) is 0 Å². The molecule has 0 fully saturated rings. The first-order valence-corrected chi connectivity index (χ1v) is 6.90. The summed E-state index contributed by atoms with van der Waals surface area (Å²) < 4.78 is 3.57. The molecule has 0 bridgehead atoms. The third-order valence-electron chi connectivity index (χ3n) is 2.09. The van der Waals surface area contributed by atoms with Gasteiger partial charge in [0.05, 0.1) is 0 Å². The molecule has 1 nitrogen and oxygen atoms in total. The minimum atomic E-state index is -0.710. The molecule has 1 N–H and O–H groups in total.